The van der Waals surface area contributed by atoms with Gasteiger partial charge >= 0.3 is 0 Å². The third-order valence-corrected chi connectivity index (χ3v) is 5.00. The topological polar surface area (TPSA) is 111 Å². The molecule has 2 aromatic heterocycles. The van der Waals surface area contributed by atoms with Crippen molar-refractivity contribution in [1.29, 1.82) is 0 Å². The normalized spacial score (nSPS) is 11.4. The van der Waals surface area contributed by atoms with Crippen molar-refractivity contribution in [1.82, 2.24) is 25.9 Å². The Morgan fingerprint density at radius 2 is 1.85 bits per heavy atom. The SMILES string of the molecule is CN=C(NCCCCCc1nc(-c2ccc(OC)cc2)no1)NCc1cc(C(C)C)no1.I. The van der Waals surface area contributed by atoms with E-state index >= 15 is 0 Å². The second-order valence-electron chi connectivity index (χ2n) is 7.78. The van der Waals surface area contributed by atoms with Gasteiger partial charge in [-0.25, -0.2) is 0 Å². The molecule has 0 radical (unpaired) electrons. The minimum absolute atomic E-state index is 0. The first-order chi connectivity index (χ1) is 15.6. The number of guanidine groups is 1. The minimum Gasteiger partial charge on any atom is -0.497 e. The fourth-order valence-corrected chi connectivity index (χ4v) is 3.07. The summed E-state index contributed by atoms with van der Waals surface area (Å²) in [5.41, 5.74) is 1.87. The predicted molar refractivity (Wildman–Crippen MR) is 138 cm³/mol. The molecule has 0 aliphatic rings. The maximum absolute atomic E-state index is 5.38. The van der Waals surface area contributed by atoms with Crippen LogP contribution in [0.4, 0.5) is 0 Å². The molecule has 0 amide bonds. The first kappa shape index (κ1) is 26.6. The molecule has 9 nitrogen and oxygen atoms in total. The number of nitrogens with one attached hydrogen (secondary N) is 2. The summed E-state index contributed by atoms with van der Waals surface area (Å²) in [4.78, 5) is 8.73. The summed E-state index contributed by atoms with van der Waals surface area (Å²) < 4.78 is 15.9. The van der Waals surface area contributed by atoms with Crippen LogP contribution in [0, 0.1) is 0 Å². The minimum atomic E-state index is 0. The van der Waals surface area contributed by atoms with Gasteiger partial charge in [-0.3, -0.25) is 4.99 Å². The van der Waals surface area contributed by atoms with Gasteiger partial charge in [0.1, 0.15) is 5.75 Å². The highest BCUT2D eigenvalue weighted by Gasteiger charge is 2.09. The molecule has 0 aliphatic heterocycles. The Hall–Kier alpha value is -2.63. The van der Waals surface area contributed by atoms with Crippen molar-refractivity contribution in [2.45, 2.75) is 52.0 Å². The number of aromatic nitrogens is 3. The quantitative estimate of drug-likeness (QED) is 0.150. The number of aryl methyl sites for hydroxylation is 1. The molecule has 2 N–H and O–H groups in total. The summed E-state index contributed by atoms with van der Waals surface area (Å²) >= 11 is 0. The second-order valence-corrected chi connectivity index (χ2v) is 7.78. The van der Waals surface area contributed by atoms with Crippen molar-refractivity contribution < 1.29 is 13.8 Å². The highest BCUT2D eigenvalue weighted by atomic mass is 127. The Bertz CT molecular complexity index is 984. The molecule has 180 valence electrons. The van der Waals surface area contributed by atoms with Gasteiger partial charge in [-0.1, -0.05) is 30.6 Å². The molecule has 0 unspecified atom stereocenters. The number of hydrogen-bond donors (Lipinski definition) is 2. The summed E-state index contributed by atoms with van der Waals surface area (Å²) in [7, 11) is 3.40. The van der Waals surface area contributed by atoms with E-state index in [2.05, 4.69) is 44.8 Å². The van der Waals surface area contributed by atoms with E-state index in [0.717, 1.165) is 61.0 Å². The Morgan fingerprint density at radius 3 is 2.52 bits per heavy atom. The van der Waals surface area contributed by atoms with Gasteiger partial charge in [0.2, 0.25) is 11.7 Å². The number of benzene rings is 1. The zero-order valence-electron chi connectivity index (χ0n) is 19.6. The smallest absolute Gasteiger partial charge is 0.226 e. The number of hydrogen-bond acceptors (Lipinski definition) is 7. The van der Waals surface area contributed by atoms with Crippen molar-refractivity contribution in [3.05, 3.63) is 47.7 Å². The third kappa shape index (κ3) is 8.34. The Balaban J connectivity index is 0.00000385. The highest BCUT2D eigenvalue weighted by Crippen LogP contribution is 2.20. The monoisotopic (exact) mass is 568 g/mol. The molecule has 0 saturated carbocycles. The molecule has 0 bridgehead atoms. The van der Waals surface area contributed by atoms with Gasteiger partial charge in [0, 0.05) is 31.6 Å². The molecule has 0 saturated heterocycles. The molecule has 33 heavy (non-hydrogen) atoms. The molecule has 1 aromatic carbocycles. The number of rotatable bonds is 11. The second kappa shape index (κ2) is 13.8. The summed E-state index contributed by atoms with van der Waals surface area (Å²) in [6.07, 6.45) is 3.80. The first-order valence-corrected chi connectivity index (χ1v) is 11.0. The Labute approximate surface area is 211 Å². The van der Waals surface area contributed by atoms with Crippen LogP contribution >= 0.6 is 24.0 Å². The number of halogens is 1. The number of unbranched alkanes of at least 4 members (excludes halogenated alkanes) is 2. The van der Waals surface area contributed by atoms with Crippen LogP contribution in [0.2, 0.25) is 0 Å². The van der Waals surface area contributed by atoms with Crippen molar-refractivity contribution in [2.24, 2.45) is 4.99 Å². The van der Waals surface area contributed by atoms with E-state index in [4.69, 9.17) is 13.8 Å². The van der Waals surface area contributed by atoms with E-state index in [1.54, 1.807) is 14.2 Å². The molecule has 0 atom stereocenters. The number of nitrogens with zero attached hydrogens (tertiary/aromatic N) is 4. The zero-order valence-corrected chi connectivity index (χ0v) is 22.0. The molecule has 3 rings (SSSR count). The van der Waals surface area contributed by atoms with Gasteiger partial charge in [-0.15, -0.1) is 24.0 Å². The van der Waals surface area contributed by atoms with Crippen LogP contribution in [0.5, 0.6) is 5.75 Å². The highest BCUT2D eigenvalue weighted by molar-refractivity contribution is 14.0. The van der Waals surface area contributed by atoms with Crippen LogP contribution in [-0.4, -0.2) is 42.0 Å². The lowest BCUT2D eigenvalue weighted by molar-refractivity contribution is 0.371. The lowest BCUT2D eigenvalue weighted by Gasteiger charge is -2.10. The fraction of sp³-hybridized carbons (Fsp3) is 0.478. The van der Waals surface area contributed by atoms with Crippen LogP contribution in [-0.2, 0) is 13.0 Å². The average Bonchev–Trinajstić information content (AvgIpc) is 3.48. The largest absolute Gasteiger partial charge is 0.497 e. The van der Waals surface area contributed by atoms with Crippen LogP contribution in [0.15, 0.2) is 44.4 Å². The van der Waals surface area contributed by atoms with Crippen LogP contribution in [0.1, 0.15) is 56.4 Å². The Morgan fingerprint density at radius 1 is 1.06 bits per heavy atom. The van der Waals surface area contributed by atoms with Crippen LogP contribution in [0.3, 0.4) is 0 Å². The molecule has 0 spiro atoms. The Kier molecular flexibility index (Phi) is 11.1. The number of methoxy groups -OCH3 is 1. The van der Waals surface area contributed by atoms with Gasteiger partial charge in [0.15, 0.2) is 11.7 Å². The van der Waals surface area contributed by atoms with Crippen molar-refractivity contribution in [3.8, 4) is 17.1 Å². The molecule has 10 heteroatoms. The first-order valence-electron chi connectivity index (χ1n) is 11.0. The van der Waals surface area contributed by atoms with Crippen LogP contribution in [0.25, 0.3) is 11.4 Å². The lowest BCUT2D eigenvalue weighted by atomic mass is 10.1. The van der Waals surface area contributed by atoms with Crippen molar-refractivity contribution in [3.63, 3.8) is 0 Å². The molecule has 0 aliphatic carbocycles. The summed E-state index contributed by atoms with van der Waals surface area (Å²) in [6.45, 7) is 5.56. The van der Waals surface area contributed by atoms with E-state index in [9.17, 15) is 0 Å². The molecule has 0 fully saturated rings. The summed E-state index contributed by atoms with van der Waals surface area (Å²) in [6, 6.07) is 9.59. The van der Waals surface area contributed by atoms with E-state index in [1.807, 2.05) is 30.3 Å². The summed E-state index contributed by atoms with van der Waals surface area (Å²) in [5.74, 6) is 3.96. The van der Waals surface area contributed by atoms with Gasteiger partial charge in [0.25, 0.3) is 0 Å². The molecular formula is C23H33IN6O3. The van der Waals surface area contributed by atoms with E-state index in [-0.39, 0.29) is 24.0 Å². The van der Waals surface area contributed by atoms with E-state index < -0.39 is 0 Å². The lowest BCUT2D eigenvalue weighted by Crippen LogP contribution is -2.37. The molecular weight excluding hydrogens is 535 g/mol. The fourth-order valence-electron chi connectivity index (χ4n) is 3.07. The van der Waals surface area contributed by atoms with Gasteiger partial charge < -0.3 is 24.4 Å². The van der Waals surface area contributed by atoms with Gasteiger partial charge in [-0.05, 0) is 43.0 Å². The van der Waals surface area contributed by atoms with Gasteiger partial charge in [0.05, 0.1) is 19.3 Å². The summed E-state index contributed by atoms with van der Waals surface area (Å²) in [5, 5.41) is 14.7. The van der Waals surface area contributed by atoms with Crippen molar-refractivity contribution in [2.75, 3.05) is 20.7 Å². The predicted octanol–water partition coefficient (Wildman–Crippen LogP) is 4.55. The number of ether oxygens (including phenoxy) is 1. The standard InChI is InChI=1S/C23H32N6O3.HI/c1-16(2)20-14-19(31-28-20)15-26-23(24-3)25-13-7-5-6-8-21-27-22(29-32-21)17-9-11-18(30-4)12-10-17;/h9-12,14,16H,5-8,13,15H2,1-4H3,(H2,24,25,26);1H. The van der Waals surface area contributed by atoms with Gasteiger partial charge in [-0.2, -0.15) is 4.98 Å². The maximum atomic E-state index is 5.38. The molecule has 3 aromatic rings. The molecule has 2 heterocycles. The zero-order chi connectivity index (χ0) is 22.8. The maximum Gasteiger partial charge on any atom is 0.226 e. The number of aliphatic imine (C=N–C) groups is 1. The third-order valence-electron chi connectivity index (χ3n) is 5.00. The van der Waals surface area contributed by atoms with E-state index in [1.165, 1.54) is 0 Å². The van der Waals surface area contributed by atoms with E-state index in [0.29, 0.717) is 24.2 Å². The average molecular weight is 568 g/mol. The van der Waals surface area contributed by atoms with Crippen LogP contribution < -0.4 is 15.4 Å². The van der Waals surface area contributed by atoms with Crippen molar-refractivity contribution >= 4 is 29.9 Å².